The van der Waals surface area contributed by atoms with Crippen molar-refractivity contribution < 1.29 is 52.6 Å². The van der Waals surface area contributed by atoms with Crippen LogP contribution in [0.5, 0.6) is 0 Å². The minimum Gasteiger partial charge on any atom is -0.803 e. The first-order valence-corrected chi connectivity index (χ1v) is 16.1. The van der Waals surface area contributed by atoms with E-state index in [4.69, 9.17) is 0 Å². The van der Waals surface area contributed by atoms with E-state index in [1.807, 2.05) is 0 Å². The van der Waals surface area contributed by atoms with E-state index < -0.39 is 51.5 Å². The van der Waals surface area contributed by atoms with Crippen LogP contribution in [0.2, 0.25) is 0 Å². The molecule has 3 aromatic heterocycles. The Labute approximate surface area is 329 Å². The quantitative estimate of drug-likeness (QED) is 0.161. The van der Waals surface area contributed by atoms with Crippen LogP contribution in [0.15, 0.2) is 105 Å². The number of nitrogens with zero attached hydrogens (tertiary/aromatic N) is 4. The third-order valence-corrected chi connectivity index (χ3v) is 8.50. The third kappa shape index (κ3) is 8.21. The molecule has 0 atom stereocenters. The molecule has 0 saturated heterocycles. The summed E-state index contributed by atoms with van der Waals surface area (Å²) in [5.74, 6) is -2.39. The average molecular weight is 867 g/mol. The second-order valence-electron chi connectivity index (χ2n) is 11.8. The smallest absolute Gasteiger partial charge is 0.803 e. The summed E-state index contributed by atoms with van der Waals surface area (Å²) in [5, 5.41) is 47.3. The van der Waals surface area contributed by atoms with Crippen LogP contribution in [-0.2, 0) is 0 Å². The molecule has 3 heterocycles. The fourth-order valence-electron chi connectivity index (χ4n) is 5.79. The number of benzene rings is 3. The number of amides is 3. The van der Waals surface area contributed by atoms with Crippen LogP contribution in [0.1, 0.15) is 31.5 Å². The minimum atomic E-state index is -0.874. The summed E-state index contributed by atoms with van der Waals surface area (Å²) >= 11 is 0. The van der Waals surface area contributed by atoms with Crippen LogP contribution in [0, 0.1) is 53.8 Å². The van der Waals surface area contributed by atoms with Gasteiger partial charge >= 0.3 is 38.2 Å². The molecule has 0 bridgehead atoms. The molecular weight excluding hydrogens is 837 g/mol. The summed E-state index contributed by atoms with van der Waals surface area (Å²) in [4.78, 5) is 78.1. The molecule has 3 amide bonds. The van der Waals surface area contributed by atoms with E-state index in [0.717, 1.165) is 0 Å². The number of carbonyl (C=O) groups is 3. The van der Waals surface area contributed by atoms with E-state index in [0.29, 0.717) is 16.2 Å². The minimum absolute atomic E-state index is 0. The van der Waals surface area contributed by atoms with Crippen LogP contribution in [0.25, 0.3) is 32.3 Å². The number of hydrogen-bond acceptors (Lipinski definition) is 10. The monoisotopic (exact) mass is 868 g/mol. The Balaban J connectivity index is 0.00000541. The molecule has 0 spiro atoms. The molecule has 3 aromatic carbocycles. The van der Waals surface area contributed by atoms with Crippen LogP contribution in [-0.4, -0.2) is 76.1 Å². The van der Waals surface area contributed by atoms with Gasteiger partial charge in [0.05, 0.1) is 0 Å². The maximum Gasteiger partial charge on any atom is 3.00 e. The normalized spacial score (nSPS) is 11.0. The van der Waals surface area contributed by atoms with Gasteiger partial charge in [-0.15, -0.1) is 0 Å². The summed E-state index contributed by atoms with van der Waals surface area (Å²) < 4.78 is 0.0574. The zero-order chi connectivity index (χ0) is 36.9. The van der Waals surface area contributed by atoms with Gasteiger partial charge in [0.2, 0.25) is 0 Å². The molecule has 6 aromatic rings. The Morgan fingerprint density at radius 2 is 0.755 bits per heavy atom. The molecular formula is C36H30DyN7O9. The molecule has 3 N–H and O–H groups in total. The van der Waals surface area contributed by atoms with Crippen molar-refractivity contribution in [2.24, 2.45) is 0 Å². The number of carbonyl (C=O) groups excluding carboxylic acids is 3. The summed E-state index contributed by atoms with van der Waals surface area (Å²) in [7, 11) is 0. The molecule has 1 radical (unpaired) electrons. The molecule has 273 valence electrons. The standard InChI is InChI=1S/C36H30N7O9.Dy/c44-31(28-19-22-7-1-4-10-25(22)34(47)41(28)50)37-13-16-40(17-14-38-32(45)29-20-23-8-2-5-11-26(23)35(48)42(29)51)18-15-39-33(46)30-21-24-9-3-6-12-27(24)36(49)43(30)52;/h1-12,19-21H,13-18H2,(H,37,44)(H,38,45)(H,39,46);/q-3;+3. The Morgan fingerprint density at radius 3 is 1.04 bits per heavy atom. The predicted octanol–water partition coefficient (Wildman–Crippen LogP) is 1.56. The molecule has 0 aliphatic rings. The SMILES string of the molecule is O=C(NCCN(CCNC(=O)c1cc2ccccc2c(=O)n1[O-])CCNC(=O)c1cc2ccccc2c(=O)n1[O-])c1cc2ccccc2c(=O)n1[O-].[Dy+3]. The first kappa shape index (κ1) is 38.6. The zero-order valence-corrected chi connectivity index (χ0v) is 29.7. The first-order valence-electron chi connectivity index (χ1n) is 16.1. The van der Waals surface area contributed by atoms with Crippen LogP contribution in [0.3, 0.4) is 0 Å². The molecule has 53 heavy (non-hydrogen) atoms. The Kier molecular flexibility index (Phi) is 12.2. The molecule has 6 rings (SSSR count). The van der Waals surface area contributed by atoms with Crippen LogP contribution >= 0.6 is 0 Å². The third-order valence-electron chi connectivity index (χ3n) is 8.50. The fraction of sp³-hybridized carbons (Fsp3) is 0.167. The second kappa shape index (κ2) is 16.8. The van der Waals surface area contributed by atoms with Gasteiger partial charge in [-0.2, -0.15) is 0 Å². The number of aromatic nitrogens is 3. The summed E-state index contributed by atoms with van der Waals surface area (Å²) in [6.45, 7) is 0.280. The largest absolute Gasteiger partial charge is 3.00 e. The molecule has 0 unspecified atom stereocenters. The molecule has 17 heteroatoms. The van der Waals surface area contributed by atoms with Crippen molar-refractivity contribution in [2.75, 3.05) is 39.3 Å². The number of fused-ring (bicyclic) bond motifs is 3. The van der Waals surface area contributed by atoms with Crippen molar-refractivity contribution in [3.8, 4) is 0 Å². The molecule has 0 saturated carbocycles. The zero-order valence-electron chi connectivity index (χ0n) is 27.7. The number of nitrogens with one attached hydrogen (secondary N) is 3. The van der Waals surface area contributed by atoms with Gasteiger partial charge < -0.3 is 45.8 Å². The Morgan fingerprint density at radius 1 is 0.491 bits per heavy atom. The van der Waals surface area contributed by atoms with Gasteiger partial charge in [0, 0.05) is 55.4 Å². The van der Waals surface area contributed by atoms with E-state index in [1.165, 1.54) is 36.4 Å². The number of pyridine rings is 3. The van der Waals surface area contributed by atoms with Gasteiger partial charge in [-0.25, -0.2) is 0 Å². The second-order valence-corrected chi connectivity index (χ2v) is 11.8. The molecule has 0 aliphatic carbocycles. The van der Waals surface area contributed by atoms with E-state index in [9.17, 15) is 44.4 Å². The summed E-state index contributed by atoms with van der Waals surface area (Å²) in [5.41, 5.74) is -3.81. The predicted molar refractivity (Wildman–Crippen MR) is 194 cm³/mol. The number of hydrogen-bond donors (Lipinski definition) is 3. The van der Waals surface area contributed by atoms with Crippen molar-refractivity contribution in [1.82, 2.24) is 35.0 Å². The fourth-order valence-corrected chi connectivity index (χ4v) is 5.79. The summed E-state index contributed by atoms with van der Waals surface area (Å²) in [6, 6.07) is 23.0. The summed E-state index contributed by atoms with van der Waals surface area (Å²) in [6.07, 6.45) is 0. The van der Waals surface area contributed by atoms with Crippen LogP contribution < -0.4 is 32.6 Å². The van der Waals surface area contributed by atoms with E-state index in [2.05, 4.69) is 16.0 Å². The van der Waals surface area contributed by atoms with Gasteiger partial charge in [-0.05, 0) is 52.6 Å². The van der Waals surface area contributed by atoms with Crippen LogP contribution in [0.4, 0.5) is 0 Å². The topological polar surface area (TPSA) is 226 Å². The Bertz CT molecular complexity index is 2270. The van der Waals surface area contributed by atoms with E-state index in [1.54, 1.807) is 59.5 Å². The van der Waals surface area contributed by atoms with E-state index in [-0.39, 0.29) is 108 Å². The van der Waals surface area contributed by atoms with Crippen molar-refractivity contribution in [2.45, 2.75) is 0 Å². The van der Waals surface area contributed by atoms with Crippen molar-refractivity contribution in [1.29, 1.82) is 0 Å². The van der Waals surface area contributed by atoms with Crippen molar-refractivity contribution in [3.05, 3.63) is 155 Å². The maximum absolute atomic E-state index is 13.0. The van der Waals surface area contributed by atoms with E-state index >= 15 is 0 Å². The van der Waals surface area contributed by atoms with Gasteiger partial charge in [0.15, 0.2) is 0 Å². The van der Waals surface area contributed by atoms with Gasteiger partial charge in [0.25, 0.3) is 34.4 Å². The first-order chi connectivity index (χ1) is 25.0. The average Bonchev–Trinajstić information content (AvgIpc) is 3.15. The van der Waals surface area contributed by atoms with Gasteiger partial charge in [-0.3, -0.25) is 33.7 Å². The maximum atomic E-state index is 13.0. The number of rotatable bonds is 12. The van der Waals surface area contributed by atoms with Gasteiger partial charge in [-0.1, -0.05) is 54.6 Å². The van der Waals surface area contributed by atoms with Crippen molar-refractivity contribution in [3.63, 3.8) is 0 Å². The molecule has 0 fully saturated rings. The molecule has 16 nitrogen and oxygen atoms in total. The Hall–Kier alpha value is -5.67. The van der Waals surface area contributed by atoms with Crippen molar-refractivity contribution >= 4 is 50.0 Å². The van der Waals surface area contributed by atoms with Gasteiger partial charge in [0.1, 0.15) is 17.1 Å². The molecule has 0 aliphatic heterocycles.